The van der Waals surface area contributed by atoms with Crippen molar-refractivity contribution >= 4 is 24.2 Å². The number of aliphatic hydroxyl groups is 1. The third-order valence-electron chi connectivity index (χ3n) is 1.78. The Labute approximate surface area is 95.5 Å². The van der Waals surface area contributed by atoms with E-state index in [4.69, 9.17) is 5.11 Å². The molecule has 1 aromatic rings. The maximum Gasteiger partial charge on any atom is 0.0556 e. The SMILES string of the molecule is CSc1ccc(CNCCO)cc1.Cl. The highest BCUT2D eigenvalue weighted by Gasteiger charge is 1.92. The van der Waals surface area contributed by atoms with Crippen molar-refractivity contribution in [2.75, 3.05) is 19.4 Å². The van der Waals surface area contributed by atoms with E-state index in [1.165, 1.54) is 10.5 Å². The van der Waals surface area contributed by atoms with Crippen LogP contribution in [0.2, 0.25) is 0 Å². The number of hydrogen-bond donors (Lipinski definition) is 2. The molecule has 4 heteroatoms. The average molecular weight is 234 g/mol. The van der Waals surface area contributed by atoms with Gasteiger partial charge in [-0.1, -0.05) is 12.1 Å². The second-order valence-electron chi connectivity index (χ2n) is 2.75. The molecule has 0 saturated heterocycles. The normalized spacial score (nSPS) is 9.57. The summed E-state index contributed by atoms with van der Waals surface area (Å²) in [6.07, 6.45) is 2.07. The van der Waals surface area contributed by atoms with E-state index in [9.17, 15) is 0 Å². The largest absolute Gasteiger partial charge is 0.395 e. The molecule has 0 saturated carbocycles. The van der Waals surface area contributed by atoms with Crippen LogP contribution in [0.5, 0.6) is 0 Å². The summed E-state index contributed by atoms with van der Waals surface area (Å²) in [6, 6.07) is 8.44. The summed E-state index contributed by atoms with van der Waals surface area (Å²) < 4.78 is 0. The molecule has 2 nitrogen and oxygen atoms in total. The van der Waals surface area contributed by atoms with Crippen LogP contribution in [0.4, 0.5) is 0 Å². The number of aliphatic hydroxyl groups excluding tert-OH is 1. The summed E-state index contributed by atoms with van der Waals surface area (Å²) >= 11 is 1.75. The Balaban J connectivity index is 0.00000169. The van der Waals surface area contributed by atoms with Gasteiger partial charge in [0, 0.05) is 18.0 Å². The Hall–Kier alpha value is -0.220. The summed E-state index contributed by atoms with van der Waals surface area (Å²) in [6.45, 7) is 1.68. The number of rotatable bonds is 5. The fourth-order valence-corrected chi connectivity index (χ4v) is 1.46. The predicted octanol–water partition coefficient (Wildman–Crippen LogP) is 1.91. The number of nitrogens with one attached hydrogen (secondary N) is 1. The van der Waals surface area contributed by atoms with E-state index in [2.05, 4.69) is 35.8 Å². The molecule has 0 bridgehead atoms. The first-order chi connectivity index (χ1) is 6.36. The molecule has 0 fully saturated rings. The van der Waals surface area contributed by atoms with E-state index in [0.29, 0.717) is 6.54 Å². The van der Waals surface area contributed by atoms with E-state index in [-0.39, 0.29) is 19.0 Å². The molecule has 2 N–H and O–H groups in total. The highest BCUT2D eigenvalue weighted by atomic mass is 35.5. The van der Waals surface area contributed by atoms with Gasteiger partial charge in [0.15, 0.2) is 0 Å². The maximum absolute atomic E-state index is 8.56. The molecular weight excluding hydrogens is 218 g/mol. The fraction of sp³-hybridized carbons (Fsp3) is 0.400. The van der Waals surface area contributed by atoms with Crippen LogP contribution < -0.4 is 5.32 Å². The highest BCUT2D eigenvalue weighted by molar-refractivity contribution is 7.98. The van der Waals surface area contributed by atoms with Crippen LogP contribution in [0.3, 0.4) is 0 Å². The molecule has 0 amide bonds. The third kappa shape index (κ3) is 4.86. The lowest BCUT2D eigenvalue weighted by Gasteiger charge is -2.03. The molecule has 0 aromatic heterocycles. The van der Waals surface area contributed by atoms with Gasteiger partial charge in [0.05, 0.1) is 6.61 Å². The number of benzene rings is 1. The fourth-order valence-electron chi connectivity index (χ4n) is 1.06. The Morgan fingerprint density at radius 3 is 2.43 bits per heavy atom. The number of hydrogen-bond acceptors (Lipinski definition) is 3. The van der Waals surface area contributed by atoms with Gasteiger partial charge in [0.1, 0.15) is 0 Å². The minimum Gasteiger partial charge on any atom is -0.395 e. The van der Waals surface area contributed by atoms with Gasteiger partial charge in [-0.25, -0.2) is 0 Å². The highest BCUT2D eigenvalue weighted by Crippen LogP contribution is 2.14. The predicted molar refractivity (Wildman–Crippen MR) is 64.3 cm³/mol. The standard InChI is InChI=1S/C10H15NOS.ClH/c1-13-10-4-2-9(3-5-10)8-11-6-7-12;/h2-5,11-12H,6-8H2,1H3;1H. The van der Waals surface area contributed by atoms with Crippen LogP contribution in [-0.2, 0) is 6.54 Å². The number of thioether (sulfide) groups is 1. The first-order valence-electron chi connectivity index (χ1n) is 4.31. The Bertz CT molecular complexity index is 240. The van der Waals surface area contributed by atoms with Crippen molar-refractivity contribution in [2.24, 2.45) is 0 Å². The lowest BCUT2D eigenvalue weighted by atomic mass is 10.2. The van der Waals surface area contributed by atoms with E-state index in [0.717, 1.165) is 6.54 Å². The van der Waals surface area contributed by atoms with Gasteiger partial charge in [0.2, 0.25) is 0 Å². The lowest BCUT2D eigenvalue weighted by molar-refractivity contribution is 0.292. The topological polar surface area (TPSA) is 32.3 Å². The Morgan fingerprint density at radius 2 is 1.93 bits per heavy atom. The molecule has 0 aliphatic rings. The smallest absolute Gasteiger partial charge is 0.0556 e. The average Bonchev–Trinajstić information content (AvgIpc) is 2.19. The van der Waals surface area contributed by atoms with Crippen molar-refractivity contribution in [1.82, 2.24) is 5.32 Å². The first-order valence-corrected chi connectivity index (χ1v) is 5.54. The van der Waals surface area contributed by atoms with Gasteiger partial charge in [-0.2, -0.15) is 0 Å². The monoisotopic (exact) mass is 233 g/mol. The van der Waals surface area contributed by atoms with Gasteiger partial charge >= 0.3 is 0 Å². The third-order valence-corrected chi connectivity index (χ3v) is 2.52. The molecular formula is C10H16ClNOS. The van der Waals surface area contributed by atoms with Crippen LogP contribution in [0.1, 0.15) is 5.56 Å². The molecule has 0 atom stereocenters. The van der Waals surface area contributed by atoms with Crippen molar-refractivity contribution < 1.29 is 5.11 Å². The molecule has 0 radical (unpaired) electrons. The van der Waals surface area contributed by atoms with Gasteiger partial charge in [-0.05, 0) is 24.0 Å². The van der Waals surface area contributed by atoms with Crippen molar-refractivity contribution in [3.63, 3.8) is 0 Å². The van der Waals surface area contributed by atoms with Crippen LogP contribution in [0, 0.1) is 0 Å². The molecule has 1 rings (SSSR count). The van der Waals surface area contributed by atoms with E-state index < -0.39 is 0 Å². The van der Waals surface area contributed by atoms with Crippen LogP contribution in [0.15, 0.2) is 29.2 Å². The van der Waals surface area contributed by atoms with Gasteiger partial charge in [-0.15, -0.1) is 24.2 Å². The van der Waals surface area contributed by atoms with E-state index >= 15 is 0 Å². The van der Waals surface area contributed by atoms with E-state index in [1.807, 2.05) is 0 Å². The minimum atomic E-state index is 0. The summed E-state index contributed by atoms with van der Waals surface area (Å²) in [5.74, 6) is 0. The zero-order chi connectivity index (χ0) is 9.52. The summed E-state index contributed by atoms with van der Waals surface area (Å²) in [4.78, 5) is 1.28. The van der Waals surface area contributed by atoms with Crippen molar-refractivity contribution in [1.29, 1.82) is 0 Å². The molecule has 0 unspecified atom stereocenters. The van der Waals surface area contributed by atoms with E-state index in [1.54, 1.807) is 11.8 Å². The zero-order valence-corrected chi connectivity index (χ0v) is 9.83. The molecule has 0 aliphatic carbocycles. The molecule has 0 heterocycles. The zero-order valence-electron chi connectivity index (χ0n) is 8.19. The Kier molecular flexibility index (Phi) is 7.99. The second-order valence-corrected chi connectivity index (χ2v) is 3.63. The molecule has 1 aromatic carbocycles. The lowest BCUT2D eigenvalue weighted by Crippen LogP contribution is -2.17. The Morgan fingerprint density at radius 1 is 1.29 bits per heavy atom. The minimum absolute atomic E-state index is 0. The molecule has 80 valence electrons. The van der Waals surface area contributed by atoms with Crippen molar-refractivity contribution in [3.05, 3.63) is 29.8 Å². The van der Waals surface area contributed by atoms with Crippen LogP contribution in [-0.4, -0.2) is 24.5 Å². The van der Waals surface area contributed by atoms with Crippen LogP contribution >= 0.6 is 24.2 Å². The number of halogens is 1. The van der Waals surface area contributed by atoms with Crippen molar-refractivity contribution in [3.8, 4) is 0 Å². The second kappa shape index (κ2) is 8.12. The summed E-state index contributed by atoms with van der Waals surface area (Å²) in [5, 5.41) is 11.7. The maximum atomic E-state index is 8.56. The molecule has 0 aliphatic heterocycles. The van der Waals surface area contributed by atoms with Crippen LogP contribution in [0.25, 0.3) is 0 Å². The summed E-state index contributed by atoms with van der Waals surface area (Å²) in [7, 11) is 0. The quantitative estimate of drug-likeness (QED) is 0.602. The summed E-state index contributed by atoms with van der Waals surface area (Å²) in [5.41, 5.74) is 1.26. The molecule has 14 heavy (non-hydrogen) atoms. The van der Waals surface area contributed by atoms with Crippen molar-refractivity contribution in [2.45, 2.75) is 11.4 Å². The first kappa shape index (κ1) is 13.8. The van der Waals surface area contributed by atoms with Gasteiger partial charge in [-0.3, -0.25) is 0 Å². The molecule has 0 spiro atoms. The van der Waals surface area contributed by atoms with Gasteiger partial charge < -0.3 is 10.4 Å². The van der Waals surface area contributed by atoms with Gasteiger partial charge in [0.25, 0.3) is 0 Å².